The number of rotatable bonds is 23. The molecule has 1 aromatic heterocycles. The van der Waals surface area contributed by atoms with Crippen molar-refractivity contribution in [2.45, 2.75) is 110 Å². The number of nitrogens with zero attached hydrogens (tertiary/aromatic N) is 2. The van der Waals surface area contributed by atoms with E-state index in [0.717, 1.165) is 59.8 Å². The quantitative estimate of drug-likeness (QED) is 0.0548. The summed E-state index contributed by atoms with van der Waals surface area (Å²) in [6.45, 7) is 11.9. The normalized spacial score (nSPS) is 13.5. The molecule has 0 aliphatic rings. The summed E-state index contributed by atoms with van der Waals surface area (Å²) in [5.41, 5.74) is 6.93. The average Bonchev–Trinajstić information content (AvgIpc) is 3.71. The molecule has 0 bridgehead atoms. The van der Waals surface area contributed by atoms with Crippen molar-refractivity contribution in [2.24, 2.45) is 11.8 Å². The maximum atomic E-state index is 15.0. The van der Waals surface area contributed by atoms with Gasteiger partial charge in [-0.15, -0.1) is 0 Å². The summed E-state index contributed by atoms with van der Waals surface area (Å²) in [4.78, 5) is 44.3. The second-order valence-electron chi connectivity index (χ2n) is 19.3. The maximum absolute atomic E-state index is 15.0. The minimum absolute atomic E-state index is 0.0940. The van der Waals surface area contributed by atoms with Crippen LogP contribution in [-0.2, 0) is 50.3 Å². The van der Waals surface area contributed by atoms with E-state index in [1.54, 1.807) is 19.3 Å². The molecule has 366 valence electrons. The van der Waals surface area contributed by atoms with Crippen LogP contribution in [0.25, 0.3) is 21.7 Å². The first-order valence-corrected chi connectivity index (χ1v) is 26.1. The van der Waals surface area contributed by atoms with Gasteiger partial charge in [0.1, 0.15) is 0 Å². The summed E-state index contributed by atoms with van der Waals surface area (Å²) in [5, 5.41) is 12.2. The van der Waals surface area contributed by atoms with Gasteiger partial charge in [-0.3, -0.25) is 19.3 Å². The van der Waals surface area contributed by atoms with E-state index in [-0.39, 0.29) is 47.4 Å². The number of para-hydroxylation sites is 1. The minimum Gasteiger partial charge on any atom is -0.359 e. The van der Waals surface area contributed by atoms with Gasteiger partial charge in [0.05, 0.1) is 16.8 Å². The number of benzene rings is 6. The Morgan fingerprint density at radius 3 is 1.93 bits per heavy atom. The van der Waals surface area contributed by atoms with Crippen molar-refractivity contribution in [3.63, 3.8) is 0 Å². The number of aromatic nitrogens is 1. The number of aryl methyl sites for hydroxylation is 3. The molecule has 3 amide bonds. The lowest BCUT2D eigenvalue weighted by molar-refractivity contribution is -0.128. The average molecular weight is 960 g/mol. The van der Waals surface area contributed by atoms with Crippen LogP contribution in [0.4, 0.5) is 0 Å². The van der Waals surface area contributed by atoms with E-state index in [0.29, 0.717) is 41.5 Å². The highest BCUT2D eigenvalue weighted by Gasteiger charge is 2.30. The van der Waals surface area contributed by atoms with Gasteiger partial charge in [0.15, 0.2) is 0 Å². The molecule has 4 atom stereocenters. The molecule has 0 fully saturated rings. The van der Waals surface area contributed by atoms with Gasteiger partial charge in [-0.25, -0.2) is 12.4 Å². The molecule has 0 spiro atoms. The third-order valence-electron chi connectivity index (χ3n) is 13.4. The van der Waals surface area contributed by atoms with E-state index in [2.05, 4.69) is 69.4 Å². The fourth-order valence-corrected chi connectivity index (χ4v) is 11.9. The van der Waals surface area contributed by atoms with Crippen LogP contribution in [0.15, 0.2) is 151 Å². The highest BCUT2D eigenvalue weighted by Crippen LogP contribution is 2.32. The largest absolute Gasteiger partial charge is 0.359 e. The Bertz CT molecular complexity index is 2940. The maximum Gasteiger partial charge on any atom is 0.268 e. The molecule has 0 aliphatic heterocycles. The van der Waals surface area contributed by atoms with Crippen LogP contribution in [0.1, 0.15) is 84.9 Å². The highest BCUT2D eigenvalue weighted by atomic mass is 32.2. The van der Waals surface area contributed by atoms with Gasteiger partial charge in [-0.1, -0.05) is 152 Å². The molecule has 10 nitrogen and oxygen atoms in total. The molecule has 0 saturated carbocycles. The van der Waals surface area contributed by atoms with Gasteiger partial charge in [-0.05, 0) is 117 Å². The Balaban J connectivity index is 1.14. The molecular weight excluding hydrogens is 891 g/mol. The second-order valence-corrected chi connectivity index (χ2v) is 21.0. The molecule has 7 rings (SSSR count). The van der Waals surface area contributed by atoms with Crippen molar-refractivity contribution in [1.29, 1.82) is 0 Å². The summed E-state index contributed by atoms with van der Waals surface area (Å²) in [5.74, 6) is -1.47. The van der Waals surface area contributed by atoms with E-state index in [1.165, 1.54) is 15.1 Å². The molecule has 11 heteroatoms. The van der Waals surface area contributed by atoms with Gasteiger partial charge < -0.3 is 16.0 Å². The summed E-state index contributed by atoms with van der Waals surface area (Å²) < 4.78 is 30.6. The monoisotopic (exact) mass is 960 g/mol. The topological polar surface area (TPSA) is 130 Å². The van der Waals surface area contributed by atoms with Crippen LogP contribution in [0.2, 0.25) is 0 Å². The Kier molecular flexibility index (Phi) is 17.5. The number of amides is 3. The second kappa shape index (κ2) is 23.8. The van der Waals surface area contributed by atoms with Gasteiger partial charge in [0.2, 0.25) is 17.7 Å². The summed E-state index contributed by atoms with van der Waals surface area (Å²) in [7, 11) is -2.41. The number of carbonyl (C=O) groups is 3. The Labute approximate surface area is 414 Å². The molecule has 0 saturated heterocycles. The summed E-state index contributed by atoms with van der Waals surface area (Å²) >= 11 is 0. The van der Waals surface area contributed by atoms with E-state index >= 15 is 0 Å². The number of unbranched alkanes of at least 4 members (excludes halogenated alkanes) is 1. The number of hydrogen-bond acceptors (Lipinski definition) is 6. The minimum atomic E-state index is -4.04. The lowest BCUT2D eigenvalue weighted by Crippen LogP contribution is -2.44. The number of carbonyl (C=O) groups excluding carboxylic acids is 3. The van der Waals surface area contributed by atoms with Crippen molar-refractivity contribution in [1.82, 2.24) is 24.8 Å². The predicted molar refractivity (Wildman–Crippen MR) is 283 cm³/mol. The first-order valence-electron chi connectivity index (χ1n) is 24.7. The predicted octanol–water partition coefficient (Wildman–Crippen LogP) is 10.4. The standard InChI is InChI=1S/C59H69N5O5S/c1-41-31-42(2)57(43(3)32-41)70(68,69)64-40-52(54-26-15-16-27-55(54)64)37-51(34-45(5)61-56(65)36-48-28-29-49-23-13-14-24-50(49)35-48)59(67)62-53(33-44(4)58(66)60-6)25-17-18-30-63(38-46-19-9-7-10-20-46)39-47-21-11-8-12-22-47/h7-16,19-24,26-29,31-32,35,40,44-45,51,53H,17-18,25,30,33-34,36-39H2,1-6H3,(H,60,66)(H,61,65)(H,62,67)/t44-,45-,51-,53+/m1/s1. The van der Waals surface area contributed by atoms with Crippen molar-refractivity contribution in [3.05, 3.63) is 185 Å². The molecule has 0 unspecified atom stereocenters. The zero-order valence-electron chi connectivity index (χ0n) is 41.6. The van der Waals surface area contributed by atoms with Crippen LogP contribution >= 0.6 is 0 Å². The highest BCUT2D eigenvalue weighted by molar-refractivity contribution is 7.90. The number of fused-ring (bicyclic) bond motifs is 2. The van der Waals surface area contributed by atoms with Crippen LogP contribution in [0.5, 0.6) is 0 Å². The van der Waals surface area contributed by atoms with Gasteiger partial charge in [-0.2, -0.15) is 0 Å². The zero-order chi connectivity index (χ0) is 49.8. The Hall–Kier alpha value is -6.56. The summed E-state index contributed by atoms with van der Waals surface area (Å²) in [6, 6.07) is 45.5. The molecule has 1 heterocycles. The van der Waals surface area contributed by atoms with Crippen molar-refractivity contribution in [3.8, 4) is 0 Å². The first-order chi connectivity index (χ1) is 33.7. The third-order valence-corrected chi connectivity index (χ3v) is 15.4. The molecule has 7 aromatic rings. The molecule has 70 heavy (non-hydrogen) atoms. The molecule has 0 radical (unpaired) electrons. The lowest BCUT2D eigenvalue weighted by Gasteiger charge is -2.27. The van der Waals surface area contributed by atoms with Gasteiger partial charge >= 0.3 is 0 Å². The number of nitrogens with one attached hydrogen (secondary N) is 3. The lowest BCUT2D eigenvalue weighted by atomic mass is 9.90. The fraction of sp³-hybridized carbons (Fsp3) is 0.339. The molecular formula is C59H69N5O5S. The fourth-order valence-electron chi connectivity index (χ4n) is 10.1. The summed E-state index contributed by atoms with van der Waals surface area (Å²) in [6.07, 6.45) is 5.18. The SMILES string of the molecule is CNC(=O)[C@H](C)C[C@H](CCCCN(Cc1ccccc1)Cc1ccccc1)NC(=O)[C@@H](Cc1cn(S(=O)(=O)c2c(C)cc(C)cc2C)c2ccccc12)C[C@@H](C)NC(=O)Cc1ccc2ccccc2c1. The van der Waals surface area contributed by atoms with Crippen molar-refractivity contribution >= 4 is 49.4 Å². The van der Waals surface area contributed by atoms with E-state index in [4.69, 9.17) is 0 Å². The third kappa shape index (κ3) is 13.4. The van der Waals surface area contributed by atoms with Crippen LogP contribution in [-0.4, -0.2) is 60.7 Å². The van der Waals surface area contributed by atoms with E-state index in [9.17, 15) is 22.8 Å². The van der Waals surface area contributed by atoms with E-state index < -0.39 is 22.0 Å². The zero-order valence-corrected chi connectivity index (χ0v) is 42.4. The van der Waals surface area contributed by atoms with E-state index in [1.807, 2.05) is 120 Å². The van der Waals surface area contributed by atoms with Gasteiger partial charge in [0.25, 0.3) is 10.0 Å². The Morgan fingerprint density at radius 1 is 0.657 bits per heavy atom. The molecule has 6 aromatic carbocycles. The van der Waals surface area contributed by atoms with Crippen LogP contribution in [0, 0.1) is 32.6 Å². The Morgan fingerprint density at radius 2 is 1.27 bits per heavy atom. The van der Waals surface area contributed by atoms with Crippen molar-refractivity contribution in [2.75, 3.05) is 13.6 Å². The first kappa shape index (κ1) is 51.3. The van der Waals surface area contributed by atoms with Crippen LogP contribution in [0.3, 0.4) is 0 Å². The van der Waals surface area contributed by atoms with Gasteiger partial charge in [0, 0.05) is 55.6 Å². The number of hydrogen-bond donors (Lipinski definition) is 3. The van der Waals surface area contributed by atoms with Crippen molar-refractivity contribution < 1.29 is 22.8 Å². The van der Waals surface area contributed by atoms with Crippen LogP contribution < -0.4 is 16.0 Å². The molecule has 3 N–H and O–H groups in total. The smallest absolute Gasteiger partial charge is 0.268 e. The molecule has 0 aliphatic carbocycles.